The minimum Gasteiger partial charge on any atom is -0.379 e. The van der Waals surface area contributed by atoms with E-state index < -0.39 is 22.7 Å². The molecule has 30 heavy (non-hydrogen) atoms. The second kappa shape index (κ2) is 7.54. The predicted molar refractivity (Wildman–Crippen MR) is 113 cm³/mol. The molecule has 0 spiro atoms. The van der Waals surface area contributed by atoms with E-state index in [-0.39, 0.29) is 22.9 Å². The number of thioether (sulfide) groups is 1. The van der Waals surface area contributed by atoms with Crippen molar-refractivity contribution in [3.05, 3.63) is 58.1 Å². The van der Waals surface area contributed by atoms with Crippen molar-refractivity contribution in [1.29, 1.82) is 5.26 Å². The highest BCUT2D eigenvalue weighted by Crippen LogP contribution is 2.53. The van der Waals surface area contributed by atoms with Gasteiger partial charge in [0.2, 0.25) is 0 Å². The molecule has 2 aliphatic rings. The molecule has 0 aliphatic carbocycles. The lowest BCUT2D eigenvalue weighted by molar-refractivity contribution is 0.102. The molecule has 0 unspecified atom stereocenters. The number of halogens is 2. The van der Waals surface area contributed by atoms with Gasteiger partial charge in [0.1, 0.15) is 23.1 Å². The van der Waals surface area contributed by atoms with Gasteiger partial charge >= 0.3 is 0 Å². The Hall–Kier alpha value is -2.67. The van der Waals surface area contributed by atoms with Crippen LogP contribution in [0.3, 0.4) is 0 Å². The Balaban J connectivity index is 1.70. The van der Waals surface area contributed by atoms with Crippen LogP contribution in [0.5, 0.6) is 0 Å². The fourth-order valence-corrected chi connectivity index (χ4v) is 5.00. The van der Waals surface area contributed by atoms with Crippen LogP contribution < -0.4 is 11.1 Å². The van der Waals surface area contributed by atoms with Crippen molar-refractivity contribution >= 4 is 40.1 Å². The molecule has 2 atom stereocenters. The maximum absolute atomic E-state index is 14.9. The number of amides is 1. The van der Waals surface area contributed by atoms with Gasteiger partial charge in [-0.2, -0.15) is 5.26 Å². The number of aliphatic imine (C=N–C) groups is 1. The molecule has 0 bridgehead atoms. The summed E-state index contributed by atoms with van der Waals surface area (Å²) in [5.74, 6) is -0.391. The normalized spacial score (nSPS) is 25.2. The van der Waals surface area contributed by atoms with E-state index in [1.165, 1.54) is 36.2 Å². The molecule has 3 heterocycles. The van der Waals surface area contributed by atoms with E-state index in [2.05, 4.69) is 15.3 Å². The van der Waals surface area contributed by atoms with Gasteiger partial charge in [-0.1, -0.05) is 30.3 Å². The van der Waals surface area contributed by atoms with E-state index in [9.17, 15) is 9.18 Å². The van der Waals surface area contributed by atoms with Gasteiger partial charge in [-0.05, 0) is 24.3 Å². The van der Waals surface area contributed by atoms with Crippen molar-refractivity contribution in [3.8, 4) is 6.07 Å². The Bertz CT molecular complexity index is 1120. The van der Waals surface area contributed by atoms with Gasteiger partial charge in [0, 0.05) is 28.6 Å². The number of nitrogens with zero attached hydrogens (tertiary/aromatic N) is 3. The maximum atomic E-state index is 14.9. The monoisotopic (exact) mass is 445 g/mol. The first kappa shape index (κ1) is 20.6. The number of hydrogen-bond acceptors (Lipinski definition) is 7. The third-order valence-corrected chi connectivity index (χ3v) is 6.88. The smallest absolute Gasteiger partial charge is 0.275 e. The zero-order chi connectivity index (χ0) is 21.5. The standard InChI is InChI=1S/C20H17ClFN5O2S/c1-19-8-29-9-20(19,27-18(24)30-10-19)13-5-12(2-3-15(13)22)26-17(28)16-14(21)4-11(6-23)7-25-16/h2-5,7H,8-10H2,1H3,(H2,24,27)(H,26,28)/t19-,20+/m0/s1. The highest BCUT2D eigenvalue weighted by Gasteiger charge is 2.57. The summed E-state index contributed by atoms with van der Waals surface area (Å²) < 4.78 is 20.6. The zero-order valence-corrected chi connectivity index (χ0v) is 17.5. The molecular formula is C20H17ClFN5O2S. The highest BCUT2D eigenvalue weighted by atomic mass is 35.5. The van der Waals surface area contributed by atoms with Crippen molar-refractivity contribution in [1.82, 2.24) is 4.98 Å². The largest absolute Gasteiger partial charge is 0.379 e. The molecule has 2 aromatic rings. The van der Waals surface area contributed by atoms with Crippen molar-refractivity contribution in [2.45, 2.75) is 12.5 Å². The number of carbonyl (C=O) groups is 1. The van der Waals surface area contributed by atoms with Crippen LogP contribution >= 0.6 is 23.4 Å². The average Bonchev–Trinajstić information content (AvgIpc) is 3.06. The number of pyridine rings is 1. The Morgan fingerprint density at radius 2 is 2.23 bits per heavy atom. The molecule has 1 saturated heterocycles. The van der Waals surface area contributed by atoms with Crippen LogP contribution in [0.15, 0.2) is 35.5 Å². The number of hydrogen-bond donors (Lipinski definition) is 2. The van der Waals surface area contributed by atoms with E-state index in [1.807, 2.05) is 13.0 Å². The fourth-order valence-electron chi connectivity index (χ4n) is 3.74. The third kappa shape index (κ3) is 3.31. The van der Waals surface area contributed by atoms with Crippen LogP contribution in [-0.2, 0) is 10.3 Å². The predicted octanol–water partition coefficient (Wildman–Crippen LogP) is 3.29. The van der Waals surface area contributed by atoms with E-state index in [0.29, 0.717) is 28.8 Å². The Kier molecular flexibility index (Phi) is 5.18. The summed E-state index contributed by atoms with van der Waals surface area (Å²) in [7, 11) is 0. The van der Waals surface area contributed by atoms with Crippen LogP contribution in [0.2, 0.25) is 5.02 Å². The number of rotatable bonds is 3. The summed E-state index contributed by atoms with van der Waals surface area (Å²) >= 11 is 7.49. The third-order valence-electron chi connectivity index (χ3n) is 5.42. The molecule has 1 fully saturated rings. The molecule has 0 saturated carbocycles. The molecule has 1 amide bonds. The number of anilines is 1. The Morgan fingerprint density at radius 3 is 2.97 bits per heavy atom. The van der Waals surface area contributed by atoms with Crippen LogP contribution in [0.25, 0.3) is 0 Å². The lowest BCUT2D eigenvalue weighted by Crippen LogP contribution is -2.48. The van der Waals surface area contributed by atoms with E-state index in [4.69, 9.17) is 27.3 Å². The number of aromatic nitrogens is 1. The van der Waals surface area contributed by atoms with Crippen LogP contribution in [0.4, 0.5) is 10.1 Å². The highest BCUT2D eigenvalue weighted by molar-refractivity contribution is 8.13. The van der Waals surface area contributed by atoms with Crippen LogP contribution in [0.1, 0.15) is 28.5 Å². The molecule has 10 heteroatoms. The van der Waals surface area contributed by atoms with Crippen LogP contribution in [0, 0.1) is 22.6 Å². The number of carbonyl (C=O) groups excluding carboxylic acids is 1. The second-order valence-corrected chi connectivity index (χ2v) is 8.87. The maximum Gasteiger partial charge on any atom is 0.275 e. The minimum atomic E-state index is -0.975. The van der Waals surface area contributed by atoms with Gasteiger partial charge in [0.25, 0.3) is 5.91 Å². The Morgan fingerprint density at radius 1 is 1.43 bits per heavy atom. The van der Waals surface area contributed by atoms with E-state index >= 15 is 0 Å². The lowest BCUT2D eigenvalue weighted by atomic mass is 9.70. The average molecular weight is 446 g/mol. The van der Waals surface area contributed by atoms with Gasteiger partial charge in [-0.15, -0.1) is 0 Å². The van der Waals surface area contributed by atoms with Crippen molar-refractivity contribution in [2.75, 3.05) is 24.3 Å². The second-order valence-electron chi connectivity index (χ2n) is 7.47. The molecule has 0 radical (unpaired) electrons. The zero-order valence-electron chi connectivity index (χ0n) is 15.9. The van der Waals surface area contributed by atoms with Crippen molar-refractivity contribution in [3.63, 3.8) is 0 Å². The van der Waals surface area contributed by atoms with Crippen molar-refractivity contribution in [2.24, 2.45) is 16.1 Å². The van der Waals surface area contributed by atoms with Gasteiger partial charge in [-0.3, -0.25) is 4.79 Å². The molecule has 1 aromatic carbocycles. The van der Waals surface area contributed by atoms with Crippen molar-refractivity contribution < 1.29 is 13.9 Å². The van der Waals surface area contributed by atoms with Gasteiger partial charge < -0.3 is 15.8 Å². The number of nitrogens with two attached hydrogens (primary N) is 1. The summed E-state index contributed by atoms with van der Waals surface area (Å²) in [6, 6.07) is 7.53. The fraction of sp³-hybridized carbons (Fsp3) is 0.300. The summed E-state index contributed by atoms with van der Waals surface area (Å²) in [6.07, 6.45) is 1.26. The first-order valence-electron chi connectivity index (χ1n) is 9.01. The number of ether oxygens (including phenoxy) is 1. The number of nitriles is 1. The first-order chi connectivity index (χ1) is 14.3. The number of fused-ring (bicyclic) bond motifs is 1. The van der Waals surface area contributed by atoms with Gasteiger partial charge in [0.05, 0.1) is 23.8 Å². The molecular weight excluding hydrogens is 429 g/mol. The summed E-state index contributed by atoms with van der Waals surface area (Å²) in [5, 5.41) is 12.0. The molecule has 154 valence electrons. The topological polar surface area (TPSA) is 113 Å². The summed E-state index contributed by atoms with van der Waals surface area (Å²) in [6.45, 7) is 2.62. The minimum absolute atomic E-state index is 0.0370. The molecule has 1 aromatic heterocycles. The Labute approximate surface area is 181 Å². The number of nitrogens with one attached hydrogen (secondary N) is 1. The number of benzene rings is 1. The first-order valence-corrected chi connectivity index (χ1v) is 10.4. The number of amidine groups is 1. The summed E-state index contributed by atoms with van der Waals surface area (Å²) in [4.78, 5) is 21.2. The quantitative estimate of drug-likeness (QED) is 0.749. The molecule has 3 N–H and O–H groups in total. The van der Waals surface area contributed by atoms with E-state index in [1.54, 1.807) is 6.07 Å². The molecule has 7 nitrogen and oxygen atoms in total. The molecule has 4 rings (SSSR count). The van der Waals surface area contributed by atoms with Crippen LogP contribution in [-0.4, -0.2) is 35.0 Å². The summed E-state index contributed by atoms with van der Waals surface area (Å²) in [5.41, 5.74) is 5.43. The molecule has 2 aliphatic heterocycles. The van der Waals surface area contributed by atoms with E-state index in [0.717, 1.165) is 0 Å². The van der Waals surface area contributed by atoms with Gasteiger partial charge in [0.15, 0.2) is 5.17 Å². The van der Waals surface area contributed by atoms with Gasteiger partial charge in [-0.25, -0.2) is 14.4 Å². The SMILES string of the molecule is C[C@@]12COC[C@]1(c1cc(NC(=O)c3ncc(C#N)cc3Cl)ccc1F)N=C(N)SC2. The lowest BCUT2D eigenvalue weighted by Gasteiger charge is -2.42.